The number of anilines is 1. The van der Waals surface area contributed by atoms with Gasteiger partial charge in [0, 0.05) is 17.2 Å². The number of ether oxygens (including phenoxy) is 1. The maximum absolute atomic E-state index is 12.5. The van der Waals surface area contributed by atoms with E-state index in [2.05, 4.69) is 15.8 Å². The number of carbonyl (C=O) groups is 2. The van der Waals surface area contributed by atoms with E-state index in [-0.39, 0.29) is 17.7 Å². The number of hydrogen-bond acceptors (Lipinski definition) is 4. The van der Waals surface area contributed by atoms with Crippen molar-refractivity contribution in [2.24, 2.45) is 11.0 Å². The van der Waals surface area contributed by atoms with Crippen molar-refractivity contribution in [1.82, 2.24) is 5.43 Å². The number of nitrogens with zero attached hydrogens (tertiary/aromatic N) is 1. The molecule has 0 aliphatic heterocycles. The molecule has 2 aromatic rings. The number of benzene rings is 2. The summed E-state index contributed by atoms with van der Waals surface area (Å²) in [5.74, 6) is 0.621. The van der Waals surface area contributed by atoms with Gasteiger partial charge in [0.1, 0.15) is 5.75 Å². The van der Waals surface area contributed by atoms with E-state index in [0.717, 1.165) is 42.7 Å². The van der Waals surface area contributed by atoms with Gasteiger partial charge < -0.3 is 10.1 Å². The van der Waals surface area contributed by atoms with Crippen LogP contribution in [0.3, 0.4) is 0 Å². The molecule has 0 spiro atoms. The van der Waals surface area contributed by atoms with Gasteiger partial charge in [0.15, 0.2) is 0 Å². The zero-order valence-electron chi connectivity index (χ0n) is 17.6. The van der Waals surface area contributed by atoms with Gasteiger partial charge in [-0.1, -0.05) is 31.4 Å². The molecule has 0 heterocycles. The summed E-state index contributed by atoms with van der Waals surface area (Å²) in [5, 5.41) is 7.23. The Morgan fingerprint density at radius 2 is 1.77 bits per heavy atom. The molecule has 1 saturated carbocycles. The predicted octanol–water partition coefficient (Wildman–Crippen LogP) is 4.76. The molecule has 2 amide bonds. The summed E-state index contributed by atoms with van der Waals surface area (Å²) in [6, 6.07) is 14.4. The highest BCUT2D eigenvalue weighted by Crippen LogP contribution is 2.25. The standard InChI is InChI=1S/C24H29N3O3/c1-3-30-22-14-12-19(13-15-22)24(29)27-26-17(2)20-10-7-11-21(16-20)25-23(28)18-8-5-4-6-9-18/h7,10-16,18H,3-6,8-9H2,1-2H3,(H,25,28)(H,27,29). The average Bonchev–Trinajstić information content (AvgIpc) is 2.78. The molecule has 2 aromatic carbocycles. The zero-order valence-corrected chi connectivity index (χ0v) is 17.6. The molecule has 0 unspecified atom stereocenters. The fraction of sp³-hybridized carbons (Fsp3) is 0.375. The first-order valence-corrected chi connectivity index (χ1v) is 10.6. The molecule has 0 aromatic heterocycles. The van der Waals surface area contributed by atoms with E-state index in [0.29, 0.717) is 17.9 Å². The van der Waals surface area contributed by atoms with Crippen LogP contribution in [0.25, 0.3) is 0 Å². The fourth-order valence-electron chi connectivity index (χ4n) is 3.56. The summed E-state index contributed by atoms with van der Waals surface area (Å²) in [4.78, 5) is 24.8. The molecular formula is C24H29N3O3. The summed E-state index contributed by atoms with van der Waals surface area (Å²) in [6.45, 7) is 4.31. The molecule has 158 valence electrons. The first kappa shape index (κ1) is 21.6. The lowest BCUT2D eigenvalue weighted by Gasteiger charge is -2.20. The van der Waals surface area contributed by atoms with Crippen molar-refractivity contribution in [3.63, 3.8) is 0 Å². The quantitative estimate of drug-likeness (QED) is 0.513. The van der Waals surface area contributed by atoms with Crippen molar-refractivity contribution in [2.45, 2.75) is 46.0 Å². The second kappa shape index (κ2) is 10.6. The summed E-state index contributed by atoms with van der Waals surface area (Å²) >= 11 is 0. The van der Waals surface area contributed by atoms with Gasteiger partial charge in [0.2, 0.25) is 5.91 Å². The topological polar surface area (TPSA) is 79.8 Å². The van der Waals surface area contributed by atoms with E-state index in [1.165, 1.54) is 6.42 Å². The van der Waals surface area contributed by atoms with E-state index in [1.54, 1.807) is 24.3 Å². The molecule has 3 rings (SSSR count). The lowest BCUT2D eigenvalue weighted by molar-refractivity contribution is -0.120. The number of hydrazone groups is 1. The summed E-state index contributed by atoms with van der Waals surface area (Å²) < 4.78 is 5.38. The van der Waals surface area contributed by atoms with Crippen LogP contribution in [0.2, 0.25) is 0 Å². The van der Waals surface area contributed by atoms with Crippen molar-refractivity contribution < 1.29 is 14.3 Å². The Balaban J connectivity index is 1.60. The summed E-state index contributed by atoms with van der Waals surface area (Å²) in [5.41, 5.74) is 5.32. The van der Waals surface area contributed by atoms with Crippen LogP contribution in [0, 0.1) is 5.92 Å². The number of nitrogens with one attached hydrogen (secondary N) is 2. The van der Waals surface area contributed by atoms with E-state index in [1.807, 2.05) is 38.1 Å². The molecule has 2 N–H and O–H groups in total. The number of hydrogen-bond donors (Lipinski definition) is 2. The van der Waals surface area contributed by atoms with Crippen LogP contribution in [0.4, 0.5) is 5.69 Å². The van der Waals surface area contributed by atoms with E-state index in [9.17, 15) is 9.59 Å². The minimum Gasteiger partial charge on any atom is -0.494 e. The van der Waals surface area contributed by atoms with Crippen molar-refractivity contribution in [1.29, 1.82) is 0 Å². The van der Waals surface area contributed by atoms with Gasteiger partial charge in [0.05, 0.1) is 12.3 Å². The first-order chi connectivity index (χ1) is 14.6. The van der Waals surface area contributed by atoms with Gasteiger partial charge >= 0.3 is 0 Å². The largest absolute Gasteiger partial charge is 0.494 e. The summed E-state index contributed by atoms with van der Waals surface area (Å²) in [6.07, 6.45) is 5.39. The minimum absolute atomic E-state index is 0.0882. The number of amides is 2. The van der Waals surface area contributed by atoms with Crippen molar-refractivity contribution in [2.75, 3.05) is 11.9 Å². The Morgan fingerprint density at radius 3 is 2.47 bits per heavy atom. The first-order valence-electron chi connectivity index (χ1n) is 10.6. The molecular weight excluding hydrogens is 378 g/mol. The monoisotopic (exact) mass is 407 g/mol. The number of rotatable bonds is 7. The van der Waals surface area contributed by atoms with Gasteiger partial charge in [-0.05, 0) is 68.7 Å². The van der Waals surface area contributed by atoms with Crippen LogP contribution in [0.5, 0.6) is 5.75 Å². The van der Waals surface area contributed by atoms with Crippen molar-refractivity contribution in [3.8, 4) is 5.75 Å². The summed E-state index contributed by atoms with van der Waals surface area (Å²) in [7, 11) is 0. The molecule has 0 bridgehead atoms. The maximum Gasteiger partial charge on any atom is 0.271 e. The molecule has 0 saturated heterocycles. The zero-order chi connectivity index (χ0) is 21.3. The fourth-order valence-corrected chi connectivity index (χ4v) is 3.56. The van der Waals surface area contributed by atoms with Crippen LogP contribution in [0.1, 0.15) is 61.9 Å². The van der Waals surface area contributed by atoms with Crippen LogP contribution in [0.15, 0.2) is 53.6 Å². The highest BCUT2D eigenvalue weighted by Gasteiger charge is 2.21. The van der Waals surface area contributed by atoms with Crippen molar-refractivity contribution >= 4 is 23.2 Å². The molecule has 0 atom stereocenters. The van der Waals surface area contributed by atoms with Gasteiger partial charge in [0.25, 0.3) is 5.91 Å². The highest BCUT2D eigenvalue weighted by molar-refractivity contribution is 6.02. The molecule has 6 nitrogen and oxygen atoms in total. The van der Waals surface area contributed by atoms with Crippen LogP contribution < -0.4 is 15.5 Å². The van der Waals surface area contributed by atoms with E-state index in [4.69, 9.17) is 4.74 Å². The second-order valence-electron chi connectivity index (χ2n) is 7.50. The smallest absolute Gasteiger partial charge is 0.271 e. The molecule has 6 heteroatoms. The van der Waals surface area contributed by atoms with Gasteiger partial charge in [-0.25, -0.2) is 5.43 Å². The maximum atomic E-state index is 12.5. The van der Waals surface area contributed by atoms with Crippen LogP contribution in [-0.4, -0.2) is 24.1 Å². The Morgan fingerprint density at radius 1 is 1.03 bits per heavy atom. The Bertz CT molecular complexity index is 900. The molecule has 1 aliphatic carbocycles. The molecule has 30 heavy (non-hydrogen) atoms. The lowest BCUT2D eigenvalue weighted by Crippen LogP contribution is -2.24. The van der Waals surface area contributed by atoms with Crippen molar-refractivity contribution in [3.05, 3.63) is 59.7 Å². The molecule has 1 fully saturated rings. The Labute approximate surface area is 177 Å². The lowest BCUT2D eigenvalue weighted by atomic mass is 9.88. The third-order valence-corrected chi connectivity index (χ3v) is 5.28. The SMILES string of the molecule is CCOc1ccc(C(=O)NN=C(C)c2cccc(NC(=O)C3CCCCC3)c2)cc1. The van der Waals surface area contributed by atoms with Crippen LogP contribution in [-0.2, 0) is 4.79 Å². The number of carbonyl (C=O) groups excluding carboxylic acids is 2. The van der Waals surface area contributed by atoms with E-state index >= 15 is 0 Å². The Hall–Kier alpha value is -3.15. The third-order valence-electron chi connectivity index (χ3n) is 5.28. The predicted molar refractivity (Wildman–Crippen MR) is 119 cm³/mol. The highest BCUT2D eigenvalue weighted by atomic mass is 16.5. The van der Waals surface area contributed by atoms with Gasteiger partial charge in [-0.15, -0.1) is 0 Å². The second-order valence-corrected chi connectivity index (χ2v) is 7.50. The van der Waals surface area contributed by atoms with Crippen LogP contribution >= 0.6 is 0 Å². The third kappa shape index (κ3) is 5.92. The van der Waals surface area contributed by atoms with E-state index < -0.39 is 0 Å². The van der Waals surface area contributed by atoms with Gasteiger partial charge in [-0.2, -0.15) is 5.10 Å². The normalized spacial score (nSPS) is 14.8. The molecule has 0 radical (unpaired) electrons. The minimum atomic E-state index is -0.292. The molecule has 1 aliphatic rings. The Kier molecular flexibility index (Phi) is 7.60. The van der Waals surface area contributed by atoms with Gasteiger partial charge in [-0.3, -0.25) is 9.59 Å². The average molecular weight is 408 g/mol.